The third kappa shape index (κ3) is 2.85. The van der Waals surface area contributed by atoms with Crippen LogP contribution in [0, 0.1) is 24.2 Å². The Morgan fingerprint density at radius 2 is 2.00 bits per heavy atom. The van der Waals surface area contributed by atoms with Crippen molar-refractivity contribution in [3.63, 3.8) is 0 Å². The highest BCUT2D eigenvalue weighted by Crippen LogP contribution is 2.28. The number of rotatable bonds is 2. The van der Waals surface area contributed by atoms with Gasteiger partial charge in [-0.25, -0.2) is 0 Å². The molecule has 0 bridgehead atoms. The number of nitrogens with zero attached hydrogens (tertiary/aromatic N) is 1. The fraction of sp³-hybridized carbons (Fsp3) is 0.562. The zero-order valence-corrected chi connectivity index (χ0v) is 11.4. The summed E-state index contributed by atoms with van der Waals surface area (Å²) in [5.74, 6) is 0.693. The maximum absolute atomic E-state index is 9.20. The average molecular weight is 242 g/mol. The highest BCUT2D eigenvalue weighted by Gasteiger charge is 2.21. The van der Waals surface area contributed by atoms with Crippen LogP contribution in [-0.4, -0.2) is 6.04 Å². The van der Waals surface area contributed by atoms with Gasteiger partial charge in [0.15, 0.2) is 0 Å². The van der Waals surface area contributed by atoms with Crippen molar-refractivity contribution in [1.82, 2.24) is 0 Å². The molecule has 96 valence electrons. The number of aryl methyl sites for hydroxylation is 1. The summed E-state index contributed by atoms with van der Waals surface area (Å²) in [6.07, 6.45) is 6.52. The molecule has 1 aromatic rings. The Bertz CT molecular complexity index is 445. The lowest BCUT2D eigenvalue weighted by molar-refractivity contribution is 0.456. The van der Waals surface area contributed by atoms with Crippen LogP contribution in [-0.2, 0) is 0 Å². The fourth-order valence-electron chi connectivity index (χ4n) is 2.85. The first kappa shape index (κ1) is 13.0. The van der Waals surface area contributed by atoms with E-state index in [2.05, 4.69) is 31.3 Å². The second kappa shape index (κ2) is 5.91. The van der Waals surface area contributed by atoms with Gasteiger partial charge in [-0.3, -0.25) is 0 Å². The van der Waals surface area contributed by atoms with E-state index in [0.29, 0.717) is 12.0 Å². The van der Waals surface area contributed by atoms with Crippen molar-refractivity contribution in [2.75, 3.05) is 5.32 Å². The van der Waals surface area contributed by atoms with E-state index >= 15 is 0 Å². The molecule has 1 aliphatic carbocycles. The number of anilines is 1. The lowest BCUT2D eigenvalue weighted by atomic mass is 9.95. The number of hydrogen-bond donors (Lipinski definition) is 1. The van der Waals surface area contributed by atoms with Crippen molar-refractivity contribution >= 4 is 5.69 Å². The lowest BCUT2D eigenvalue weighted by Crippen LogP contribution is -2.27. The number of nitriles is 1. The molecule has 0 aliphatic heterocycles. The summed E-state index contributed by atoms with van der Waals surface area (Å²) >= 11 is 0. The molecule has 0 spiro atoms. The summed E-state index contributed by atoms with van der Waals surface area (Å²) in [6, 6.07) is 8.74. The Morgan fingerprint density at radius 1 is 1.22 bits per heavy atom. The molecule has 1 aliphatic rings. The van der Waals surface area contributed by atoms with Crippen LogP contribution < -0.4 is 5.32 Å². The van der Waals surface area contributed by atoms with E-state index in [1.165, 1.54) is 37.7 Å². The fourth-order valence-corrected chi connectivity index (χ4v) is 2.85. The molecule has 1 saturated carbocycles. The lowest BCUT2D eigenvalue weighted by Gasteiger charge is -2.25. The first-order valence-electron chi connectivity index (χ1n) is 6.98. The van der Waals surface area contributed by atoms with E-state index in [0.717, 1.165) is 11.3 Å². The maximum Gasteiger partial charge on any atom is 0.101 e. The minimum atomic E-state index is 0.515. The van der Waals surface area contributed by atoms with Crippen molar-refractivity contribution in [1.29, 1.82) is 5.26 Å². The molecule has 2 unspecified atom stereocenters. The minimum absolute atomic E-state index is 0.515. The van der Waals surface area contributed by atoms with Crippen LogP contribution in [0.5, 0.6) is 0 Å². The molecule has 1 N–H and O–H groups in total. The molecule has 2 nitrogen and oxygen atoms in total. The highest BCUT2D eigenvalue weighted by molar-refractivity contribution is 5.62. The summed E-state index contributed by atoms with van der Waals surface area (Å²) in [5, 5.41) is 12.8. The zero-order valence-electron chi connectivity index (χ0n) is 11.4. The van der Waals surface area contributed by atoms with Crippen LogP contribution in [0.3, 0.4) is 0 Å². The van der Waals surface area contributed by atoms with E-state index in [9.17, 15) is 5.26 Å². The Morgan fingerprint density at radius 3 is 2.78 bits per heavy atom. The standard InChI is InChI=1S/C16H22N2/c1-12-7-4-3-5-10-15(12)18-16-13(2)8-6-9-14(16)11-17/h6,8-9,12,15,18H,3-5,7,10H2,1-2H3. The Kier molecular flexibility index (Phi) is 4.25. The largest absolute Gasteiger partial charge is 0.381 e. The third-order valence-corrected chi connectivity index (χ3v) is 4.08. The van der Waals surface area contributed by atoms with Gasteiger partial charge >= 0.3 is 0 Å². The van der Waals surface area contributed by atoms with Gasteiger partial charge < -0.3 is 5.32 Å². The van der Waals surface area contributed by atoms with Crippen LogP contribution >= 0.6 is 0 Å². The van der Waals surface area contributed by atoms with Crippen LogP contribution in [0.1, 0.15) is 50.2 Å². The first-order chi connectivity index (χ1) is 8.72. The van der Waals surface area contributed by atoms with E-state index < -0.39 is 0 Å². The van der Waals surface area contributed by atoms with Gasteiger partial charge in [0.1, 0.15) is 6.07 Å². The molecule has 2 heteroatoms. The normalized spacial score (nSPS) is 24.1. The van der Waals surface area contributed by atoms with E-state index in [1.807, 2.05) is 12.1 Å². The average Bonchev–Trinajstić information content (AvgIpc) is 2.57. The molecule has 2 rings (SSSR count). The van der Waals surface area contributed by atoms with Crippen molar-refractivity contribution in [3.05, 3.63) is 29.3 Å². The topological polar surface area (TPSA) is 35.8 Å². The second-order valence-corrected chi connectivity index (χ2v) is 5.48. The highest BCUT2D eigenvalue weighted by atomic mass is 14.9. The van der Waals surface area contributed by atoms with E-state index in [-0.39, 0.29) is 0 Å². The number of para-hydroxylation sites is 1. The number of benzene rings is 1. The summed E-state index contributed by atoms with van der Waals surface area (Å²) < 4.78 is 0. The SMILES string of the molecule is Cc1cccc(C#N)c1NC1CCCCCC1C. The Hall–Kier alpha value is -1.49. The molecule has 2 atom stereocenters. The molecular formula is C16H22N2. The van der Waals surface area contributed by atoms with Gasteiger partial charge in [-0.2, -0.15) is 5.26 Å². The van der Waals surface area contributed by atoms with Gasteiger partial charge in [0.05, 0.1) is 11.3 Å². The second-order valence-electron chi connectivity index (χ2n) is 5.48. The number of nitrogens with one attached hydrogen (secondary N) is 1. The Labute approximate surface area is 110 Å². The third-order valence-electron chi connectivity index (χ3n) is 4.08. The molecule has 0 amide bonds. The molecule has 18 heavy (non-hydrogen) atoms. The molecule has 0 heterocycles. The molecular weight excluding hydrogens is 220 g/mol. The Balaban J connectivity index is 2.20. The van der Waals surface area contributed by atoms with Crippen molar-refractivity contribution in [2.24, 2.45) is 5.92 Å². The zero-order chi connectivity index (χ0) is 13.0. The van der Waals surface area contributed by atoms with Gasteiger partial charge in [-0.05, 0) is 37.3 Å². The van der Waals surface area contributed by atoms with Crippen LogP contribution in [0.25, 0.3) is 0 Å². The predicted molar refractivity (Wildman–Crippen MR) is 75.6 cm³/mol. The molecule has 0 radical (unpaired) electrons. The van der Waals surface area contributed by atoms with Gasteiger partial charge in [0.2, 0.25) is 0 Å². The predicted octanol–water partition coefficient (Wildman–Crippen LogP) is 4.25. The summed E-state index contributed by atoms with van der Waals surface area (Å²) in [6.45, 7) is 4.40. The van der Waals surface area contributed by atoms with Crippen molar-refractivity contribution in [3.8, 4) is 6.07 Å². The number of hydrogen-bond acceptors (Lipinski definition) is 2. The minimum Gasteiger partial charge on any atom is -0.381 e. The smallest absolute Gasteiger partial charge is 0.101 e. The van der Waals surface area contributed by atoms with E-state index in [1.54, 1.807) is 0 Å². The maximum atomic E-state index is 9.20. The van der Waals surface area contributed by atoms with Gasteiger partial charge in [0.25, 0.3) is 0 Å². The first-order valence-corrected chi connectivity index (χ1v) is 6.98. The monoisotopic (exact) mass is 242 g/mol. The summed E-state index contributed by atoms with van der Waals surface area (Å²) in [7, 11) is 0. The molecule has 1 fully saturated rings. The van der Waals surface area contributed by atoms with Crippen molar-refractivity contribution < 1.29 is 0 Å². The van der Waals surface area contributed by atoms with Crippen LogP contribution in [0.2, 0.25) is 0 Å². The molecule has 1 aromatic carbocycles. The molecule has 0 saturated heterocycles. The van der Waals surface area contributed by atoms with E-state index in [4.69, 9.17) is 0 Å². The van der Waals surface area contributed by atoms with Gasteiger partial charge in [0, 0.05) is 6.04 Å². The van der Waals surface area contributed by atoms with Crippen LogP contribution in [0.4, 0.5) is 5.69 Å². The van der Waals surface area contributed by atoms with Gasteiger partial charge in [-0.1, -0.05) is 38.3 Å². The van der Waals surface area contributed by atoms with Gasteiger partial charge in [-0.15, -0.1) is 0 Å². The van der Waals surface area contributed by atoms with Crippen LogP contribution in [0.15, 0.2) is 18.2 Å². The summed E-state index contributed by atoms with van der Waals surface area (Å²) in [5.41, 5.74) is 2.98. The van der Waals surface area contributed by atoms with Crippen molar-refractivity contribution in [2.45, 2.75) is 52.0 Å². The molecule has 0 aromatic heterocycles. The summed E-state index contributed by atoms with van der Waals surface area (Å²) in [4.78, 5) is 0. The quantitative estimate of drug-likeness (QED) is 0.787.